The summed E-state index contributed by atoms with van der Waals surface area (Å²) < 4.78 is 5.47. The second-order valence-electron chi connectivity index (χ2n) is 20.3. The zero-order chi connectivity index (χ0) is 47.9. The molecule has 0 aromatic heterocycles. The summed E-state index contributed by atoms with van der Waals surface area (Å²) in [6.45, 7) is 4.92. The van der Waals surface area contributed by atoms with Crippen molar-refractivity contribution in [1.29, 1.82) is 0 Å². The number of carbonyl (C=O) groups is 2. The average Bonchev–Trinajstić information content (AvgIpc) is 3.32. The van der Waals surface area contributed by atoms with E-state index in [-0.39, 0.29) is 18.5 Å². The van der Waals surface area contributed by atoms with Gasteiger partial charge in [-0.05, 0) is 57.8 Å². The highest BCUT2D eigenvalue weighted by Crippen LogP contribution is 2.17. The topological polar surface area (TPSA) is 95.9 Å². The number of rotatable bonds is 55. The molecule has 0 heterocycles. The molecule has 0 saturated heterocycles. The van der Waals surface area contributed by atoms with Crippen LogP contribution in [0.5, 0.6) is 0 Å². The third kappa shape index (κ3) is 51.7. The number of unbranched alkanes of at least 4 members (excludes halogenated alkanes) is 40. The largest absolute Gasteiger partial charge is 0.466 e. The first-order valence-corrected chi connectivity index (χ1v) is 29.6. The fourth-order valence-electron chi connectivity index (χ4n) is 9.20. The Morgan fingerprint density at radius 3 is 1.17 bits per heavy atom. The van der Waals surface area contributed by atoms with Crippen LogP contribution in [0.25, 0.3) is 0 Å². The normalized spacial score (nSPS) is 12.7. The van der Waals surface area contributed by atoms with Crippen LogP contribution in [-0.2, 0) is 14.3 Å². The van der Waals surface area contributed by atoms with Crippen molar-refractivity contribution in [3.8, 4) is 0 Å². The lowest BCUT2D eigenvalue weighted by Gasteiger charge is -2.22. The number of amides is 1. The van der Waals surface area contributed by atoms with Crippen molar-refractivity contribution in [3.63, 3.8) is 0 Å². The molecule has 0 fully saturated rings. The summed E-state index contributed by atoms with van der Waals surface area (Å²) in [7, 11) is 0. The molecular formula is C60H115NO5. The van der Waals surface area contributed by atoms with Crippen LogP contribution in [0, 0.1) is 0 Å². The van der Waals surface area contributed by atoms with Crippen molar-refractivity contribution in [3.05, 3.63) is 24.3 Å². The van der Waals surface area contributed by atoms with Gasteiger partial charge in [0, 0.05) is 12.8 Å². The number of allylic oxidation sites excluding steroid dienone is 4. The van der Waals surface area contributed by atoms with Gasteiger partial charge in [0.1, 0.15) is 0 Å². The minimum Gasteiger partial charge on any atom is -0.466 e. The second kappa shape index (κ2) is 55.9. The first kappa shape index (κ1) is 64.3. The van der Waals surface area contributed by atoms with E-state index in [2.05, 4.69) is 43.5 Å². The first-order chi connectivity index (χ1) is 32.5. The number of hydrogen-bond acceptors (Lipinski definition) is 5. The van der Waals surface area contributed by atoms with Gasteiger partial charge in [0.05, 0.1) is 25.4 Å². The summed E-state index contributed by atoms with van der Waals surface area (Å²) in [5.41, 5.74) is 0. The number of hydrogen-bond donors (Lipinski definition) is 3. The maximum absolute atomic E-state index is 12.5. The first-order valence-electron chi connectivity index (χ1n) is 29.6. The van der Waals surface area contributed by atoms with Gasteiger partial charge in [-0.1, -0.05) is 276 Å². The van der Waals surface area contributed by atoms with Crippen molar-refractivity contribution in [2.24, 2.45) is 0 Å². The highest BCUT2D eigenvalue weighted by atomic mass is 16.5. The van der Waals surface area contributed by atoms with E-state index in [1.165, 1.54) is 218 Å². The van der Waals surface area contributed by atoms with Gasteiger partial charge in [0.25, 0.3) is 0 Å². The predicted molar refractivity (Wildman–Crippen MR) is 287 cm³/mol. The fraction of sp³-hybridized carbons (Fsp3) is 0.900. The molecule has 0 spiro atoms. The summed E-state index contributed by atoms with van der Waals surface area (Å²) in [4.78, 5) is 24.6. The monoisotopic (exact) mass is 930 g/mol. The second-order valence-corrected chi connectivity index (χ2v) is 20.3. The minimum absolute atomic E-state index is 0.0218. The van der Waals surface area contributed by atoms with Gasteiger partial charge in [-0.3, -0.25) is 9.59 Å². The summed E-state index contributed by atoms with van der Waals surface area (Å²) in [5, 5.41) is 23.3. The fourth-order valence-corrected chi connectivity index (χ4v) is 9.20. The number of esters is 1. The Morgan fingerprint density at radius 2 is 0.758 bits per heavy atom. The van der Waals surface area contributed by atoms with Gasteiger partial charge >= 0.3 is 5.97 Å². The Kier molecular flexibility index (Phi) is 54.5. The number of carbonyl (C=O) groups excluding carboxylic acids is 2. The molecule has 0 bridgehead atoms. The van der Waals surface area contributed by atoms with Crippen LogP contribution in [0.4, 0.5) is 0 Å². The van der Waals surface area contributed by atoms with Crippen LogP contribution in [-0.4, -0.2) is 47.4 Å². The molecule has 0 aliphatic heterocycles. The van der Waals surface area contributed by atoms with Crippen molar-refractivity contribution in [2.45, 2.75) is 334 Å². The molecule has 0 aliphatic rings. The number of aliphatic hydroxyl groups excluding tert-OH is 2. The van der Waals surface area contributed by atoms with Crippen LogP contribution in [0.3, 0.4) is 0 Å². The molecule has 6 heteroatoms. The number of nitrogens with one attached hydrogen (secondary N) is 1. The lowest BCUT2D eigenvalue weighted by Crippen LogP contribution is -2.45. The van der Waals surface area contributed by atoms with Crippen LogP contribution >= 0.6 is 0 Å². The van der Waals surface area contributed by atoms with E-state index in [1.807, 2.05) is 0 Å². The summed E-state index contributed by atoms with van der Waals surface area (Å²) in [6.07, 6.45) is 67.3. The smallest absolute Gasteiger partial charge is 0.305 e. The molecule has 66 heavy (non-hydrogen) atoms. The maximum atomic E-state index is 12.5. The predicted octanol–water partition coefficient (Wildman–Crippen LogP) is 18.2. The molecule has 1 amide bonds. The van der Waals surface area contributed by atoms with E-state index in [1.54, 1.807) is 0 Å². The SMILES string of the molecule is CCCCCC/C=C\C/C=C\CCCCCCCC(=O)OCCCCCCCCCCCCCCC(=O)NC(CO)C(O)CCCCCCCCCCCCCCCCCCCCCCC. The van der Waals surface area contributed by atoms with Crippen molar-refractivity contribution >= 4 is 11.9 Å². The number of aliphatic hydroxyl groups is 2. The van der Waals surface area contributed by atoms with E-state index in [9.17, 15) is 19.8 Å². The molecule has 0 rings (SSSR count). The van der Waals surface area contributed by atoms with Gasteiger partial charge in [-0.2, -0.15) is 0 Å². The Bertz CT molecular complexity index is 1030. The summed E-state index contributed by atoms with van der Waals surface area (Å²) >= 11 is 0. The summed E-state index contributed by atoms with van der Waals surface area (Å²) in [6, 6.07) is -0.555. The van der Waals surface area contributed by atoms with Crippen LogP contribution in [0.2, 0.25) is 0 Å². The lowest BCUT2D eigenvalue weighted by molar-refractivity contribution is -0.143. The van der Waals surface area contributed by atoms with Crippen molar-refractivity contribution in [1.82, 2.24) is 5.32 Å². The van der Waals surface area contributed by atoms with Gasteiger partial charge < -0.3 is 20.3 Å². The van der Waals surface area contributed by atoms with Gasteiger partial charge in [-0.15, -0.1) is 0 Å². The third-order valence-electron chi connectivity index (χ3n) is 13.8. The van der Waals surface area contributed by atoms with Gasteiger partial charge in [0.15, 0.2) is 0 Å². The zero-order valence-corrected chi connectivity index (χ0v) is 44.4. The molecule has 0 aliphatic carbocycles. The molecule has 390 valence electrons. The summed E-state index contributed by atoms with van der Waals surface area (Å²) in [5.74, 6) is -0.0703. The van der Waals surface area contributed by atoms with Crippen LogP contribution < -0.4 is 5.32 Å². The number of ether oxygens (including phenoxy) is 1. The Balaban J connectivity index is 3.46. The zero-order valence-electron chi connectivity index (χ0n) is 44.4. The van der Waals surface area contributed by atoms with Crippen LogP contribution in [0.1, 0.15) is 322 Å². The Morgan fingerprint density at radius 1 is 0.424 bits per heavy atom. The van der Waals surface area contributed by atoms with Crippen LogP contribution in [0.15, 0.2) is 24.3 Å². The molecule has 0 aromatic carbocycles. The maximum Gasteiger partial charge on any atom is 0.305 e. The van der Waals surface area contributed by atoms with E-state index in [0.717, 1.165) is 70.6 Å². The van der Waals surface area contributed by atoms with Crippen molar-refractivity contribution in [2.75, 3.05) is 13.2 Å². The lowest BCUT2D eigenvalue weighted by atomic mass is 10.0. The highest BCUT2D eigenvalue weighted by Gasteiger charge is 2.20. The molecule has 0 aromatic rings. The molecule has 0 radical (unpaired) electrons. The quantitative estimate of drug-likeness (QED) is 0.0321. The average molecular weight is 931 g/mol. The minimum atomic E-state index is -0.676. The molecule has 3 N–H and O–H groups in total. The van der Waals surface area contributed by atoms with Gasteiger partial charge in [-0.25, -0.2) is 0 Å². The standard InChI is InChI=1S/C60H115NO5/c1-3-5-7-9-11-13-15-17-19-21-22-23-24-25-26-28-32-36-40-44-48-52-58(63)57(56-62)61-59(64)53-49-45-41-37-33-30-31-35-39-43-47-51-55-66-60(65)54-50-46-42-38-34-29-27-20-18-16-14-12-10-8-6-4-2/h14,16,20,27,57-58,62-63H,3-13,15,17-19,21-26,28-56H2,1-2H3,(H,61,64)/b16-14-,27-20-. The Hall–Kier alpha value is -1.66. The molecule has 2 atom stereocenters. The molecule has 0 saturated carbocycles. The van der Waals surface area contributed by atoms with Crippen molar-refractivity contribution < 1.29 is 24.5 Å². The van der Waals surface area contributed by atoms with E-state index < -0.39 is 12.1 Å². The highest BCUT2D eigenvalue weighted by molar-refractivity contribution is 5.76. The third-order valence-corrected chi connectivity index (χ3v) is 13.8. The van der Waals surface area contributed by atoms with E-state index in [4.69, 9.17) is 4.74 Å². The Labute approximate surface area is 411 Å². The van der Waals surface area contributed by atoms with E-state index in [0.29, 0.717) is 25.9 Å². The molecular weight excluding hydrogens is 815 g/mol. The molecule has 6 nitrogen and oxygen atoms in total. The van der Waals surface area contributed by atoms with E-state index >= 15 is 0 Å². The van der Waals surface area contributed by atoms with Gasteiger partial charge in [0.2, 0.25) is 5.91 Å². The molecule has 2 unspecified atom stereocenters.